The molecule has 6 nitrogen and oxygen atoms in total. The predicted molar refractivity (Wildman–Crippen MR) is 52.8 cm³/mol. The molecule has 0 saturated carbocycles. The number of alkyl halides is 6. The maximum absolute atomic E-state index is 12.6. The van der Waals surface area contributed by atoms with E-state index in [4.69, 9.17) is 11.6 Å². The summed E-state index contributed by atoms with van der Waals surface area (Å²) < 4.78 is 76.8. The van der Waals surface area contributed by atoms with Gasteiger partial charge in [-0.3, -0.25) is 4.79 Å². The summed E-state index contributed by atoms with van der Waals surface area (Å²) in [6.07, 6.45) is -11.0. The van der Waals surface area contributed by atoms with Gasteiger partial charge in [0.1, 0.15) is 11.1 Å². The fraction of sp³-hybridized carbons (Fsp3) is 0.250. The van der Waals surface area contributed by atoms with Crippen molar-refractivity contribution in [2.24, 2.45) is 0 Å². The zero-order valence-corrected chi connectivity index (χ0v) is 10.0. The van der Waals surface area contributed by atoms with Gasteiger partial charge in [0.25, 0.3) is 5.24 Å². The summed E-state index contributed by atoms with van der Waals surface area (Å²) in [6.45, 7) is 0. The summed E-state index contributed by atoms with van der Waals surface area (Å²) in [5.41, 5.74) is -3.45. The lowest BCUT2D eigenvalue weighted by Crippen LogP contribution is -2.22. The number of carbonyl (C=O) groups is 1. The van der Waals surface area contributed by atoms with Crippen molar-refractivity contribution in [1.29, 1.82) is 0 Å². The first-order valence-corrected chi connectivity index (χ1v) is 4.93. The molecule has 0 aliphatic carbocycles. The first-order chi connectivity index (χ1) is 9.33. The van der Waals surface area contributed by atoms with Gasteiger partial charge in [-0.25, -0.2) is 0 Å². The molecule has 1 heterocycles. The molecule has 0 bridgehead atoms. The third-order valence-corrected chi connectivity index (χ3v) is 2.07. The van der Waals surface area contributed by atoms with Gasteiger partial charge in [0, 0.05) is 4.98 Å². The van der Waals surface area contributed by atoms with Crippen molar-refractivity contribution in [2.75, 3.05) is 0 Å². The second-order valence-electron chi connectivity index (χ2n) is 3.29. The van der Waals surface area contributed by atoms with E-state index >= 15 is 0 Å². The highest BCUT2D eigenvalue weighted by atomic mass is 35.5. The minimum Gasteiger partial charge on any atom is -0.366 e. The fourth-order valence-corrected chi connectivity index (χ4v) is 1.30. The number of aromatic nitrogens is 1. The summed E-state index contributed by atoms with van der Waals surface area (Å²) in [4.78, 5) is 22.4. The highest BCUT2D eigenvalue weighted by molar-refractivity contribution is 6.68. The zero-order chi connectivity index (χ0) is 16.6. The van der Waals surface area contributed by atoms with Gasteiger partial charge in [-0.1, -0.05) is 0 Å². The first-order valence-electron chi connectivity index (χ1n) is 4.55. The van der Waals surface area contributed by atoms with E-state index in [1.165, 1.54) is 0 Å². The number of hydrogen-bond acceptors (Lipinski definition) is 5. The second-order valence-corrected chi connectivity index (χ2v) is 3.63. The molecule has 0 amide bonds. The largest absolute Gasteiger partial charge is 0.575 e. The van der Waals surface area contributed by atoms with Crippen LogP contribution < -0.4 is 4.74 Å². The van der Waals surface area contributed by atoms with Gasteiger partial charge in [-0.15, -0.1) is 13.2 Å². The van der Waals surface area contributed by atoms with Crippen molar-refractivity contribution in [1.82, 2.24) is 4.98 Å². The average Bonchev–Trinajstić information content (AvgIpc) is 2.23. The Kier molecular flexibility index (Phi) is 4.32. The van der Waals surface area contributed by atoms with Crippen molar-refractivity contribution >= 4 is 22.7 Å². The molecule has 1 aromatic rings. The molecule has 0 aliphatic rings. The van der Waals surface area contributed by atoms with Gasteiger partial charge in [-0.2, -0.15) is 13.2 Å². The Balaban J connectivity index is 3.64. The van der Waals surface area contributed by atoms with Gasteiger partial charge < -0.3 is 14.9 Å². The van der Waals surface area contributed by atoms with Crippen molar-refractivity contribution < 1.29 is 40.8 Å². The van der Waals surface area contributed by atoms with Crippen molar-refractivity contribution in [2.45, 2.75) is 12.5 Å². The summed E-state index contributed by atoms with van der Waals surface area (Å²) in [5.74, 6) is -3.70. The number of hydrogen-bond donors (Lipinski definition) is 0. The molecule has 13 heteroatoms. The Morgan fingerprint density at radius 3 is 2.14 bits per heavy atom. The highest BCUT2D eigenvalue weighted by Crippen LogP contribution is 2.39. The second kappa shape index (κ2) is 5.35. The number of halogens is 7. The minimum absolute atomic E-state index is 0.235. The van der Waals surface area contributed by atoms with Crippen LogP contribution in [0.2, 0.25) is 0 Å². The molecule has 0 fully saturated rings. The quantitative estimate of drug-likeness (QED) is 0.365. The van der Waals surface area contributed by atoms with E-state index in [2.05, 4.69) is 9.72 Å². The van der Waals surface area contributed by atoms with Crippen LogP contribution in [0.15, 0.2) is 6.07 Å². The fourth-order valence-electron chi connectivity index (χ4n) is 1.16. The van der Waals surface area contributed by atoms with E-state index in [0.717, 1.165) is 0 Å². The van der Waals surface area contributed by atoms with Crippen LogP contribution in [-0.4, -0.2) is 21.5 Å². The van der Waals surface area contributed by atoms with Gasteiger partial charge >= 0.3 is 24.2 Å². The van der Waals surface area contributed by atoms with E-state index in [1.54, 1.807) is 0 Å². The van der Waals surface area contributed by atoms with E-state index in [9.17, 15) is 41.3 Å². The SMILES string of the molecule is O=C(Cl)c1cc(C(F)(F)F)c(OC(F)(F)F)nc1[N+](=O)[O-]. The molecule has 0 radical (unpaired) electrons. The number of nitrogens with zero attached hydrogens (tertiary/aromatic N) is 2. The summed E-state index contributed by atoms with van der Waals surface area (Å²) >= 11 is 4.85. The minimum atomic E-state index is -5.58. The van der Waals surface area contributed by atoms with Crippen LogP contribution in [-0.2, 0) is 6.18 Å². The van der Waals surface area contributed by atoms with E-state index < -0.39 is 45.5 Å². The molecular formula is C8HClF6N2O4. The number of ether oxygens (including phenoxy) is 1. The van der Waals surface area contributed by atoms with Gasteiger partial charge in [-0.05, 0) is 22.6 Å². The van der Waals surface area contributed by atoms with E-state index in [1.807, 2.05) is 0 Å². The maximum Gasteiger partial charge on any atom is 0.575 e. The summed E-state index contributed by atoms with van der Waals surface area (Å²) in [5, 5.41) is 8.82. The monoisotopic (exact) mass is 338 g/mol. The standard InChI is InChI=1S/C8HClF6N2O4/c9-4(18)2-1-3(7(10,11)12)6(21-8(13,14)15)16-5(2)17(19)20/h1H. The number of pyridine rings is 1. The molecule has 0 aromatic carbocycles. The number of nitro groups is 1. The van der Waals surface area contributed by atoms with Gasteiger partial charge in [0.05, 0.1) is 0 Å². The molecule has 116 valence electrons. The van der Waals surface area contributed by atoms with Gasteiger partial charge in [0.2, 0.25) is 0 Å². The molecule has 0 aliphatic heterocycles. The molecule has 0 saturated heterocycles. The topological polar surface area (TPSA) is 82.3 Å². The molecule has 21 heavy (non-hydrogen) atoms. The average molecular weight is 339 g/mol. The molecule has 0 unspecified atom stereocenters. The third kappa shape index (κ3) is 4.18. The van der Waals surface area contributed by atoms with Crippen molar-refractivity contribution in [3.8, 4) is 5.88 Å². The molecule has 0 N–H and O–H groups in total. The third-order valence-electron chi connectivity index (χ3n) is 1.87. The van der Waals surface area contributed by atoms with Crippen LogP contribution in [0.4, 0.5) is 32.2 Å². The highest BCUT2D eigenvalue weighted by Gasteiger charge is 2.45. The lowest BCUT2D eigenvalue weighted by Gasteiger charge is -2.12. The van der Waals surface area contributed by atoms with Crippen LogP contribution >= 0.6 is 11.6 Å². The van der Waals surface area contributed by atoms with E-state index in [0.29, 0.717) is 0 Å². The smallest absolute Gasteiger partial charge is 0.366 e. The number of carbonyl (C=O) groups excluding carboxylic acids is 1. The summed E-state index contributed by atoms with van der Waals surface area (Å²) in [6, 6.07) is -0.235. The maximum atomic E-state index is 12.6. The van der Waals surface area contributed by atoms with Crippen LogP contribution in [0.3, 0.4) is 0 Å². The van der Waals surface area contributed by atoms with Crippen molar-refractivity contribution in [3.63, 3.8) is 0 Å². The Labute approximate surface area is 115 Å². The number of rotatable bonds is 3. The van der Waals surface area contributed by atoms with Crippen LogP contribution in [0.5, 0.6) is 5.88 Å². The zero-order valence-electron chi connectivity index (χ0n) is 9.25. The Hall–Kier alpha value is -2.11. The summed E-state index contributed by atoms with van der Waals surface area (Å²) in [7, 11) is 0. The van der Waals surface area contributed by atoms with Crippen LogP contribution in [0, 0.1) is 10.1 Å². The van der Waals surface area contributed by atoms with Crippen LogP contribution in [0.1, 0.15) is 15.9 Å². The Morgan fingerprint density at radius 1 is 1.29 bits per heavy atom. The van der Waals surface area contributed by atoms with E-state index in [-0.39, 0.29) is 6.07 Å². The molecular weight excluding hydrogens is 338 g/mol. The Bertz CT molecular complexity index is 600. The molecule has 1 rings (SSSR count). The van der Waals surface area contributed by atoms with Crippen molar-refractivity contribution in [3.05, 3.63) is 27.3 Å². The molecule has 0 atom stereocenters. The van der Waals surface area contributed by atoms with Gasteiger partial charge in [0.15, 0.2) is 0 Å². The normalized spacial score (nSPS) is 12.1. The lowest BCUT2D eigenvalue weighted by molar-refractivity contribution is -0.390. The van der Waals surface area contributed by atoms with Crippen LogP contribution in [0.25, 0.3) is 0 Å². The Morgan fingerprint density at radius 2 is 1.81 bits per heavy atom. The molecule has 0 spiro atoms. The predicted octanol–water partition coefficient (Wildman–Crippen LogP) is 3.29. The lowest BCUT2D eigenvalue weighted by atomic mass is 10.2. The molecule has 1 aromatic heterocycles. The first kappa shape index (κ1) is 16.9.